The fourth-order valence-electron chi connectivity index (χ4n) is 2.25. The number of para-hydroxylation sites is 1. The van der Waals surface area contributed by atoms with Crippen molar-refractivity contribution in [1.29, 1.82) is 0 Å². The minimum Gasteiger partial charge on any atom is -0.398 e. The number of anilines is 1. The highest BCUT2D eigenvalue weighted by Crippen LogP contribution is 2.28. The number of nitrogen functional groups attached to an aromatic ring is 1. The van der Waals surface area contributed by atoms with Gasteiger partial charge in [-0.2, -0.15) is 0 Å². The van der Waals surface area contributed by atoms with Crippen LogP contribution >= 0.6 is 0 Å². The molecule has 4 nitrogen and oxygen atoms in total. The van der Waals surface area contributed by atoms with Crippen LogP contribution < -0.4 is 11.1 Å². The van der Waals surface area contributed by atoms with Crippen LogP contribution in [-0.4, -0.2) is 24.7 Å². The number of aromatic nitrogens is 1. The zero-order chi connectivity index (χ0) is 13.8. The van der Waals surface area contributed by atoms with E-state index in [1.54, 1.807) is 0 Å². The van der Waals surface area contributed by atoms with Gasteiger partial charge in [-0.25, -0.2) is 0 Å². The number of rotatable bonds is 7. The molecule has 106 valence electrons. The number of nitrogens with one attached hydrogen (secondary N) is 1. The number of hydrogen-bond donors (Lipinski definition) is 2. The van der Waals surface area contributed by atoms with Crippen LogP contribution in [0.3, 0.4) is 0 Å². The summed E-state index contributed by atoms with van der Waals surface area (Å²) in [5, 5.41) is 4.36. The summed E-state index contributed by atoms with van der Waals surface area (Å²) in [4.78, 5) is 4.61. The van der Waals surface area contributed by atoms with Gasteiger partial charge in [0.1, 0.15) is 0 Å². The third-order valence-corrected chi connectivity index (χ3v) is 3.58. The quantitative estimate of drug-likeness (QED) is 0.759. The van der Waals surface area contributed by atoms with Gasteiger partial charge in [0, 0.05) is 30.8 Å². The predicted molar refractivity (Wildman–Crippen MR) is 81.4 cm³/mol. The number of benzene rings is 1. The lowest BCUT2D eigenvalue weighted by Crippen LogP contribution is -2.20. The second-order valence-electron chi connectivity index (χ2n) is 5.42. The summed E-state index contributed by atoms with van der Waals surface area (Å²) in [7, 11) is 0. The Hall–Kier alpha value is -1.65. The van der Waals surface area contributed by atoms with Crippen molar-refractivity contribution in [2.75, 3.05) is 25.5 Å². The van der Waals surface area contributed by atoms with E-state index < -0.39 is 0 Å². The van der Waals surface area contributed by atoms with Gasteiger partial charge in [-0.3, -0.25) is 4.98 Å². The summed E-state index contributed by atoms with van der Waals surface area (Å²) in [6, 6.07) is 9.90. The number of nitrogens with two attached hydrogens (primary N) is 1. The zero-order valence-electron chi connectivity index (χ0n) is 11.6. The summed E-state index contributed by atoms with van der Waals surface area (Å²) < 4.78 is 5.58. The first kappa shape index (κ1) is 13.3. The molecule has 3 N–H and O–H groups in total. The van der Waals surface area contributed by atoms with Crippen LogP contribution in [0.5, 0.6) is 0 Å². The summed E-state index contributed by atoms with van der Waals surface area (Å²) in [5.41, 5.74) is 8.77. The highest BCUT2D eigenvalue weighted by molar-refractivity contribution is 5.90. The SMILES string of the molecule is Nc1cc(CNCCOCC2CC2)nc2ccccc12. The number of ether oxygens (including phenoxy) is 1. The molecule has 0 saturated heterocycles. The van der Waals surface area contributed by atoms with Crippen LogP contribution in [0.15, 0.2) is 30.3 Å². The average Bonchev–Trinajstić information content (AvgIpc) is 3.27. The second kappa shape index (κ2) is 6.20. The van der Waals surface area contributed by atoms with E-state index in [2.05, 4.69) is 10.3 Å². The lowest BCUT2D eigenvalue weighted by Gasteiger charge is -2.08. The average molecular weight is 271 g/mol. The van der Waals surface area contributed by atoms with Gasteiger partial charge in [-0.1, -0.05) is 18.2 Å². The van der Waals surface area contributed by atoms with Gasteiger partial charge in [0.2, 0.25) is 0 Å². The minimum atomic E-state index is 0.724. The highest BCUT2D eigenvalue weighted by atomic mass is 16.5. The van der Waals surface area contributed by atoms with Gasteiger partial charge >= 0.3 is 0 Å². The molecule has 1 aromatic heterocycles. The number of hydrogen-bond acceptors (Lipinski definition) is 4. The number of nitrogens with zero attached hydrogens (tertiary/aromatic N) is 1. The largest absolute Gasteiger partial charge is 0.398 e. The molecule has 1 saturated carbocycles. The van der Waals surface area contributed by atoms with Crippen LogP contribution in [-0.2, 0) is 11.3 Å². The van der Waals surface area contributed by atoms with Crippen LogP contribution in [0.2, 0.25) is 0 Å². The number of pyridine rings is 1. The van der Waals surface area contributed by atoms with Crippen molar-refractivity contribution in [2.45, 2.75) is 19.4 Å². The van der Waals surface area contributed by atoms with E-state index in [1.807, 2.05) is 30.3 Å². The van der Waals surface area contributed by atoms with Crippen LogP contribution in [0, 0.1) is 5.92 Å². The molecule has 1 aliphatic carbocycles. The van der Waals surface area contributed by atoms with Crippen molar-refractivity contribution in [3.8, 4) is 0 Å². The number of fused-ring (bicyclic) bond motifs is 1. The molecule has 0 atom stereocenters. The van der Waals surface area contributed by atoms with Gasteiger partial charge in [0.25, 0.3) is 0 Å². The standard InChI is InChI=1S/C16H21N3O/c17-15-9-13(19-16-4-2-1-3-14(15)16)10-18-7-8-20-11-12-5-6-12/h1-4,9,12,18H,5-8,10-11H2,(H2,17,19). The summed E-state index contributed by atoms with van der Waals surface area (Å²) in [5.74, 6) is 0.831. The molecule has 4 heteroatoms. The Morgan fingerprint density at radius 3 is 3.00 bits per heavy atom. The molecule has 0 aliphatic heterocycles. The maximum atomic E-state index is 6.06. The van der Waals surface area contributed by atoms with Crippen LogP contribution in [0.25, 0.3) is 10.9 Å². The molecule has 2 aromatic rings. The van der Waals surface area contributed by atoms with Gasteiger partial charge in [0.15, 0.2) is 0 Å². The maximum Gasteiger partial charge on any atom is 0.0726 e. The van der Waals surface area contributed by atoms with E-state index in [0.717, 1.165) is 54.5 Å². The van der Waals surface area contributed by atoms with Crippen molar-refractivity contribution in [1.82, 2.24) is 10.3 Å². The first-order valence-corrected chi connectivity index (χ1v) is 7.25. The Morgan fingerprint density at radius 1 is 1.30 bits per heavy atom. The molecule has 1 aliphatic rings. The Labute approximate surface area is 119 Å². The molecular weight excluding hydrogens is 250 g/mol. The molecule has 0 spiro atoms. The van der Waals surface area contributed by atoms with Crippen molar-refractivity contribution < 1.29 is 4.74 Å². The van der Waals surface area contributed by atoms with Crippen molar-refractivity contribution in [3.05, 3.63) is 36.0 Å². The normalized spacial score (nSPS) is 14.8. The predicted octanol–water partition coefficient (Wildman–Crippen LogP) is 2.33. The molecule has 0 unspecified atom stereocenters. The molecule has 1 heterocycles. The Kier molecular flexibility index (Phi) is 4.14. The lowest BCUT2D eigenvalue weighted by atomic mass is 10.1. The molecule has 0 bridgehead atoms. The van der Waals surface area contributed by atoms with Gasteiger partial charge in [-0.15, -0.1) is 0 Å². The molecule has 3 rings (SSSR count). The second-order valence-corrected chi connectivity index (χ2v) is 5.42. The van der Waals surface area contributed by atoms with E-state index in [0.29, 0.717) is 0 Å². The smallest absolute Gasteiger partial charge is 0.0726 e. The third kappa shape index (κ3) is 3.46. The molecule has 0 radical (unpaired) electrons. The Bertz CT molecular complexity index is 581. The zero-order valence-corrected chi connectivity index (χ0v) is 11.6. The monoisotopic (exact) mass is 271 g/mol. The fourth-order valence-corrected chi connectivity index (χ4v) is 2.25. The lowest BCUT2D eigenvalue weighted by molar-refractivity contribution is 0.126. The Morgan fingerprint density at radius 2 is 2.15 bits per heavy atom. The topological polar surface area (TPSA) is 60.2 Å². The van der Waals surface area contributed by atoms with Crippen LogP contribution in [0.4, 0.5) is 5.69 Å². The molecular formula is C16H21N3O. The van der Waals surface area contributed by atoms with E-state index in [-0.39, 0.29) is 0 Å². The minimum absolute atomic E-state index is 0.724. The first-order chi connectivity index (χ1) is 9.83. The first-order valence-electron chi connectivity index (χ1n) is 7.25. The summed E-state index contributed by atoms with van der Waals surface area (Å²) in [6.07, 6.45) is 2.68. The maximum absolute atomic E-state index is 6.06. The summed E-state index contributed by atoms with van der Waals surface area (Å²) >= 11 is 0. The Balaban J connectivity index is 1.49. The van der Waals surface area contributed by atoms with Crippen molar-refractivity contribution in [2.24, 2.45) is 5.92 Å². The molecule has 1 fully saturated rings. The van der Waals surface area contributed by atoms with Crippen molar-refractivity contribution >= 4 is 16.6 Å². The van der Waals surface area contributed by atoms with Crippen LogP contribution in [0.1, 0.15) is 18.5 Å². The molecule has 0 amide bonds. The van der Waals surface area contributed by atoms with E-state index in [1.165, 1.54) is 12.8 Å². The fraction of sp³-hybridized carbons (Fsp3) is 0.438. The summed E-state index contributed by atoms with van der Waals surface area (Å²) in [6.45, 7) is 3.26. The van der Waals surface area contributed by atoms with E-state index in [9.17, 15) is 0 Å². The van der Waals surface area contributed by atoms with Gasteiger partial charge < -0.3 is 15.8 Å². The van der Waals surface area contributed by atoms with Crippen molar-refractivity contribution in [3.63, 3.8) is 0 Å². The third-order valence-electron chi connectivity index (χ3n) is 3.58. The highest BCUT2D eigenvalue weighted by Gasteiger charge is 2.20. The molecule has 20 heavy (non-hydrogen) atoms. The molecule has 1 aromatic carbocycles. The van der Waals surface area contributed by atoms with Gasteiger partial charge in [0.05, 0.1) is 17.8 Å². The van der Waals surface area contributed by atoms with E-state index in [4.69, 9.17) is 10.5 Å². The van der Waals surface area contributed by atoms with E-state index >= 15 is 0 Å². The van der Waals surface area contributed by atoms with Gasteiger partial charge in [-0.05, 0) is 30.9 Å².